The van der Waals surface area contributed by atoms with Gasteiger partial charge in [-0.05, 0) is 43.0 Å². The van der Waals surface area contributed by atoms with E-state index in [0.29, 0.717) is 0 Å². The smallest absolute Gasteiger partial charge is 0.160 e. The zero-order valence-electron chi connectivity index (χ0n) is 8.40. The van der Waals surface area contributed by atoms with Crippen molar-refractivity contribution in [2.75, 3.05) is 0 Å². The van der Waals surface area contributed by atoms with E-state index in [2.05, 4.69) is 6.58 Å². The highest BCUT2D eigenvalue weighted by Gasteiger charge is 2.28. The summed E-state index contributed by atoms with van der Waals surface area (Å²) in [6.45, 7) is 8.73. The SMILES string of the molecule is C=C(C)/C(C)=C\C=C(/C)SC(F)(F)F. The fourth-order valence-corrected chi connectivity index (χ4v) is 1.10. The van der Waals surface area contributed by atoms with Crippen LogP contribution < -0.4 is 0 Å². The van der Waals surface area contributed by atoms with E-state index in [4.69, 9.17) is 0 Å². The maximum atomic E-state index is 11.9. The zero-order valence-corrected chi connectivity index (χ0v) is 9.22. The molecule has 0 heterocycles. The third-order valence-corrected chi connectivity index (χ3v) is 2.21. The van der Waals surface area contributed by atoms with Gasteiger partial charge in [-0.2, -0.15) is 13.2 Å². The van der Waals surface area contributed by atoms with Crippen LogP contribution in [0, 0.1) is 0 Å². The van der Waals surface area contributed by atoms with E-state index in [1.54, 1.807) is 6.08 Å². The molecule has 4 heteroatoms. The van der Waals surface area contributed by atoms with Gasteiger partial charge in [-0.15, -0.1) is 0 Å². The Morgan fingerprint density at radius 2 is 1.64 bits per heavy atom. The molecule has 0 fully saturated rings. The number of rotatable bonds is 3. The number of halogens is 3. The molecule has 0 aromatic carbocycles. The molecule has 0 saturated carbocycles. The van der Waals surface area contributed by atoms with Crippen molar-refractivity contribution in [3.05, 3.63) is 34.8 Å². The first-order valence-electron chi connectivity index (χ1n) is 3.99. The van der Waals surface area contributed by atoms with Crippen LogP contribution in [0.15, 0.2) is 34.8 Å². The van der Waals surface area contributed by atoms with Crippen LogP contribution in [-0.4, -0.2) is 5.51 Å². The molecule has 0 aliphatic heterocycles. The van der Waals surface area contributed by atoms with Crippen LogP contribution in [-0.2, 0) is 0 Å². The summed E-state index contributed by atoms with van der Waals surface area (Å²) in [6.07, 6.45) is 3.08. The Hall–Kier alpha value is -0.640. The topological polar surface area (TPSA) is 0 Å². The Bertz CT molecular complexity index is 272. The maximum Gasteiger partial charge on any atom is 0.446 e. The van der Waals surface area contributed by atoms with E-state index in [-0.39, 0.29) is 16.7 Å². The van der Waals surface area contributed by atoms with Gasteiger partial charge >= 0.3 is 5.51 Å². The van der Waals surface area contributed by atoms with Crippen LogP contribution in [0.3, 0.4) is 0 Å². The van der Waals surface area contributed by atoms with E-state index in [9.17, 15) is 13.2 Å². The minimum Gasteiger partial charge on any atom is -0.160 e. The van der Waals surface area contributed by atoms with Crippen LogP contribution in [0.25, 0.3) is 0 Å². The minimum atomic E-state index is -4.20. The first-order chi connectivity index (χ1) is 6.22. The lowest BCUT2D eigenvalue weighted by Crippen LogP contribution is -1.98. The van der Waals surface area contributed by atoms with Gasteiger partial charge in [0.05, 0.1) is 0 Å². The molecule has 0 radical (unpaired) electrons. The van der Waals surface area contributed by atoms with E-state index in [0.717, 1.165) is 11.1 Å². The summed E-state index contributed by atoms with van der Waals surface area (Å²) in [5.41, 5.74) is -2.47. The number of alkyl halides is 3. The summed E-state index contributed by atoms with van der Waals surface area (Å²) in [5.74, 6) is 0. The van der Waals surface area contributed by atoms with Crippen molar-refractivity contribution < 1.29 is 13.2 Å². The molecule has 80 valence electrons. The normalized spacial score (nSPS) is 14.4. The fourth-order valence-electron chi connectivity index (χ4n) is 0.601. The molecule has 0 aromatic rings. The van der Waals surface area contributed by atoms with Gasteiger partial charge in [-0.3, -0.25) is 0 Å². The second-order valence-corrected chi connectivity index (χ2v) is 4.27. The molecule has 0 N–H and O–H groups in total. The average Bonchev–Trinajstić information content (AvgIpc) is 1.96. The second-order valence-electron chi connectivity index (χ2n) is 2.96. The van der Waals surface area contributed by atoms with Gasteiger partial charge in [0.2, 0.25) is 0 Å². The summed E-state index contributed by atoms with van der Waals surface area (Å²) in [5, 5.41) is 0. The Morgan fingerprint density at radius 3 is 2.00 bits per heavy atom. The number of hydrogen-bond donors (Lipinski definition) is 0. The van der Waals surface area contributed by atoms with Crippen molar-refractivity contribution in [3.63, 3.8) is 0 Å². The first-order valence-corrected chi connectivity index (χ1v) is 4.81. The largest absolute Gasteiger partial charge is 0.446 e. The molecule has 0 unspecified atom stereocenters. The summed E-state index contributed by atoms with van der Waals surface area (Å²) in [6, 6.07) is 0. The van der Waals surface area contributed by atoms with E-state index in [1.807, 2.05) is 13.8 Å². The molecule has 14 heavy (non-hydrogen) atoms. The van der Waals surface area contributed by atoms with Crippen molar-refractivity contribution >= 4 is 11.8 Å². The van der Waals surface area contributed by atoms with Gasteiger partial charge in [0.15, 0.2) is 0 Å². The van der Waals surface area contributed by atoms with Gasteiger partial charge in [-0.25, -0.2) is 0 Å². The van der Waals surface area contributed by atoms with Crippen molar-refractivity contribution in [2.24, 2.45) is 0 Å². The lowest BCUT2D eigenvalue weighted by molar-refractivity contribution is -0.0322. The third kappa shape index (κ3) is 6.83. The van der Waals surface area contributed by atoms with Crippen LogP contribution in [0.4, 0.5) is 13.2 Å². The predicted molar refractivity (Wildman–Crippen MR) is 56.0 cm³/mol. The lowest BCUT2D eigenvalue weighted by Gasteiger charge is -2.04. The standard InChI is InChI=1S/C10H13F3S/c1-7(2)8(3)5-6-9(4)14-10(11,12)13/h5-6H,1H2,2-4H3/b8-5-,9-6+. The van der Waals surface area contributed by atoms with Crippen molar-refractivity contribution in [1.82, 2.24) is 0 Å². The quantitative estimate of drug-likeness (QED) is 0.625. The van der Waals surface area contributed by atoms with Gasteiger partial charge in [-0.1, -0.05) is 24.3 Å². The molecule has 0 spiro atoms. The summed E-state index contributed by atoms with van der Waals surface area (Å²) in [7, 11) is 0. The Labute approximate surface area is 86.6 Å². The highest BCUT2D eigenvalue weighted by atomic mass is 32.2. The molecule has 0 nitrogen and oxygen atoms in total. The molecule has 0 saturated heterocycles. The van der Waals surface area contributed by atoms with Crippen LogP contribution in [0.2, 0.25) is 0 Å². The highest BCUT2D eigenvalue weighted by Crippen LogP contribution is 2.35. The number of thioether (sulfide) groups is 1. The van der Waals surface area contributed by atoms with Gasteiger partial charge in [0, 0.05) is 0 Å². The lowest BCUT2D eigenvalue weighted by atomic mass is 10.1. The third-order valence-electron chi connectivity index (χ3n) is 1.52. The molecule has 0 aromatic heterocycles. The first kappa shape index (κ1) is 13.4. The Balaban J connectivity index is 4.40. The molecule has 0 aliphatic rings. The summed E-state index contributed by atoms with van der Waals surface area (Å²) < 4.78 is 35.6. The average molecular weight is 222 g/mol. The van der Waals surface area contributed by atoms with E-state index >= 15 is 0 Å². The molecule has 0 rings (SSSR count). The minimum absolute atomic E-state index is 0.103. The second kappa shape index (κ2) is 5.29. The molecule has 0 aliphatic carbocycles. The van der Waals surface area contributed by atoms with Gasteiger partial charge < -0.3 is 0 Å². The van der Waals surface area contributed by atoms with Crippen LogP contribution in [0.1, 0.15) is 20.8 Å². The number of allylic oxidation sites excluding steroid dienone is 5. The maximum absolute atomic E-state index is 11.9. The van der Waals surface area contributed by atoms with Crippen molar-refractivity contribution in [3.8, 4) is 0 Å². The van der Waals surface area contributed by atoms with Gasteiger partial charge in [0.25, 0.3) is 0 Å². The summed E-state index contributed by atoms with van der Waals surface area (Å²) >= 11 is -0.103. The van der Waals surface area contributed by atoms with E-state index in [1.165, 1.54) is 13.0 Å². The molecule has 0 atom stereocenters. The highest BCUT2D eigenvalue weighted by molar-refractivity contribution is 8.03. The molecule has 0 amide bonds. The number of hydrogen-bond acceptors (Lipinski definition) is 1. The Morgan fingerprint density at radius 1 is 1.14 bits per heavy atom. The van der Waals surface area contributed by atoms with Gasteiger partial charge in [0.1, 0.15) is 0 Å². The molecular formula is C10H13F3S. The predicted octanol–water partition coefficient (Wildman–Crippen LogP) is 4.67. The van der Waals surface area contributed by atoms with Crippen molar-refractivity contribution in [2.45, 2.75) is 26.3 Å². The van der Waals surface area contributed by atoms with Crippen LogP contribution in [0.5, 0.6) is 0 Å². The monoisotopic (exact) mass is 222 g/mol. The van der Waals surface area contributed by atoms with E-state index < -0.39 is 5.51 Å². The molecule has 0 bridgehead atoms. The Kier molecular flexibility index (Phi) is 5.05. The van der Waals surface area contributed by atoms with Crippen LogP contribution >= 0.6 is 11.8 Å². The summed E-state index contributed by atoms with van der Waals surface area (Å²) in [4.78, 5) is 0.220. The zero-order chi connectivity index (χ0) is 11.4. The molecular weight excluding hydrogens is 209 g/mol. The fraction of sp³-hybridized carbons (Fsp3) is 0.400. The van der Waals surface area contributed by atoms with Crippen molar-refractivity contribution in [1.29, 1.82) is 0 Å².